The average Bonchev–Trinajstić information content (AvgIpc) is 2.97. The minimum Gasteiger partial charge on any atom is -0.283 e. The van der Waals surface area contributed by atoms with Crippen LogP contribution in [0.15, 0.2) is 55.1 Å². The van der Waals surface area contributed by atoms with Gasteiger partial charge in [0.15, 0.2) is 0 Å². The summed E-state index contributed by atoms with van der Waals surface area (Å²) in [5.41, 5.74) is 1.61. The van der Waals surface area contributed by atoms with Gasteiger partial charge in [-0.1, -0.05) is 18.2 Å². The Morgan fingerprint density at radius 1 is 1.09 bits per heavy atom. The summed E-state index contributed by atoms with van der Waals surface area (Å²) in [7, 11) is -2.49. The average molecular weight is 317 g/mol. The number of rotatable bonds is 4. The van der Waals surface area contributed by atoms with E-state index in [1.165, 1.54) is 18.6 Å². The summed E-state index contributed by atoms with van der Waals surface area (Å²) < 4.78 is 37.0. The van der Waals surface area contributed by atoms with Gasteiger partial charge in [0.2, 0.25) is 0 Å². The van der Waals surface area contributed by atoms with E-state index in [4.69, 9.17) is 0 Å². The van der Waals surface area contributed by atoms with Crippen molar-refractivity contribution in [2.75, 3.05) is 0 Å². The van der Waals surface area contributed by atoms with Crippen molar-refractivity contribution in [2.24, 2.45) is 0 Å². The van der Waals surface area contributed by atoms with Gasteiger partial charge in [0.1, 0.15) is 28.7 Å². The van der Waals surface area contributed by atoms with Gasteiger partial charge in [0, 0.05) is 11.8 Å². The first-order valence-corrected chi connectivity index (χ1v) is 7.86. The fourth-order valence-corrected chi connectivity index (χ4v) is 2.63. The molecule has 0 aliphatic rings. The molecule has 0 N–H and O–H groups in total. The van der Waals surface area contributed by atoms with Crippen LogP contribution < -0.4 is 0 Å². The molecule has 3 aromatic rings. The second kappa shape index (κ2) is 6.07. The second-order valence-electron chi connectivity index (χ2n) is 4.64. The fraction of sp³-hybridized carbons (Fsp3) is 0.0667. The predicted molar refractivity (Wildman–Crippen MR) is 80.8 cm³/mol. The number of thiol groups is 1. The van der Waals surface area contributed by atoms with Crippen LogP contribution in [-0.4, -0.2) is 23.0 Å². The first kappa shape index (κ1) is 14.4. The molecule has 0 radical (unpaired) electrons. The van der Waals surface area contributed by atoms with Gasteiger partial charge in [-0.15, -0.1) is 0 Å². The summed E-state index contributed by atoms with van der Waals surface area (Å²) in [4.78, 5) is 8.27. The van der Waals surface area contributed by atoms with Crippen molar-refractivity contribution in [2.45, 2.75) is 5.75 Å². The lowest BCUT2D eigenvalue weighted by atomic mass is 10.1. The number of hydrogen-bond acceptors (Lipinski definition) is 4. The molecule has 112 valence electrons. The van der Waals surface area contributed by atoms with Gasteiger partial charge in [-0.25, -0.2) is 22.8 Å². The lowest BCUT2D eigenvalue weighted by Gasteiger charge is -2.08. The fourth-order valence-electron chi connectivity index (χ4n) is 2.15. The van der Waals surface area contributed by atoms with Crippen LogP contribution in [0.3, 0.4) is 0 Å². The first-order valence-electron chi connectivity index (χ1n) is 6.49. The van der Waals surface area contributed by atoms with Crippen LogP contribution in [-0.2, 0) is 16.5 Å². The molecular weight excluding hydrogens is 305 g/mol. The Balaban J connectivity index is 2.00. The van der Waals surface area contributed by atoms with Crippen LogP contribution in [0.4, 0.5) is 4.39 Å². The van der Waals surface area contributed by atoms with Gasteiger partial charge < -0.3 is 0 Å². The van der Waals surface area contributed by atoms with E-state index in [-0.39, 0.29) is 11.6 Å². The Bertz CT molecular complexity index is 865. The predicted octanol–water partition coefficient (Wildman–Crippen LogP) is 2.18. The number of halogens is 1. The molecule has 22 heavy (non-hydrogen) atoms. The summed E-state index contributed by atoms with van der Waals surface area (Å²) in [6, 6.07) is 9.78. The smallest absolute Gasteiger partial charge is 0.144 e. The zero-order valence-corrected chi connectivity index (χ0v) is 12.3. The van der Waals surface area contributed by atoms with Crippen molar-refractivity contribution in [3.8, 4) is 17.1 Å². The van der Waals surface area contributed by atoms with Crippen molar-refractivity contribution in [1.29, 1.82) is 0 Å². The molecule has 1 aromatic carbocycles. The molecule has 0 fully saturated rings. The molecule has 7 heteroatoms. The van der Waals surface area contributed by atoms with Crippen molar-refractivity contribution in [1.82, 2.24) is 14.5 Å². The molecule has 2 aromatic heterocycles. The molecule has 0 aliphatic carbocycles. The maximum absolute atomic E-state index is 13.9. The number of benzene rings is 1. The molecule has 0 spiro atoms. The van der Waals surface area contributed by atoms with Crippen molar-refractivity contribution < 1.29 is 12.8 Å². The Morgan fingerprint density at radius 2 is 1.91 bits per heavy atom. The maximum Gasteiger partial charge on any atom is 0.144 e. The molecule has 5 nitrogen and oxygen atoms in total. The van der Waals surface area contributed by atoms with Gasteiger partial charge in [0.05, 0.1) is 17.6 Å². The zero-order chi connectivity index (χ0) is 15.5. The minimum absolute atomic E-state index is 0.0489. The van der Waals surface area contributed by atoms with Crippen LogP contribution in [0, 0.1) is 5.82 Å². The largest absolute Gasteiger partial charge is 0.283 e. The molecule has 0 bridgehead atoms. The number of imidazole rings is 1. The van der Waals surface area contributed by atoms with E-state index in [0.29, 0.717) is 22.6 Å². The highest BCUT2D eigenvalue weighted by molar-refractivity contribution is 7.71. The Morgan fingerprint density at radius 3 is 2.59 bits per heavy atom. The number of pyridine rings is 1. The molecule has 0 saturated heterocycles. The topological polar surface area (TPSA) is 64.8 Å². The third-order valence-electron chi connectivity index (χ3n) is 3.16. The Labute approximate surface area is 128 Å². The van der Waals surface area contributed by atoms with Crippen LogP contribution in [0.5, 0.6) is 0 Å². The number of aromatic nitrogens is 3. The van der Waals surface area contributed by atoms with E-state index < -0.39 is 10.7 Å². The molecule has 0 unspecified atom stereocenters. The summed E-state index contributed by atoms with van der Waals surface area (Å²) >= 11 is 0. The van der Waals surface area contributed by atoms with Crippen LogP contribution in [0.25, 0.3) is 17.1 Å². The standard InChI is InChI=1S/C15H12FN3O2S/c16-13-4-2-1-3-12(13)14-8-17-10-19(14)15-6-5-11(7-18-15)9-22(20)21/h1-8,10,22H,9H2. The van der Waals surface area contributed by atoms with Gasteiger partial charge in [0.25, 0.3) is 0 Å². The molecule has 2 heterocycles. The van der Waals surface area contributed by atoms with Gasteiger partial charge in [-0.3, -0.25) is 4.57 Å². The summed E-state index contributed by atoms with van der Waals surface area (Å²) in [5.74, 6) is 0.150. The van der Waals surface area contributed by atoms with E-state index in [2.05, 4.69) is 9.97 Å². The van der Waals surface area contributed by atoms with Crippen LogP contribution in [0.1, 0.15) is 5.56 Å². The van der Waals surface area contributed by atoms with Gasteiger partial charge in [-0.2, -0.15) is 0 Å². The monoisotopic (exact) mass is 317 g/mol. The summed E-state index contributed by atoms with van der Waals surface area (Å²) in [6.45, 7) is 0. The first-order chi connectivity index (χ1) is 10.6. The quantitative estimate of drug-likeness (QED) is 0.749. The minimum atomic E-state index is -2.49. The lowest BCUT2D eigenvalue weighted by molar-refractivity contribution is 0.613. The van der Waals surface area contributed by atoms with E-state index in [0.717, 1.165) is 0 Å². The van der Waals surface area contributed by atoms with Gasteiger partial charge in [-0.05, 0) is 23.8 Å². The van der Waals surface area contributed by atoms with Crippen LogP contribution >= 0.6 is 0 Å². The highest BCUT2D eigenvalue weighted by atomic mass is 32.2. The van der Waals surface area contributed by atoms with Crippen molar-refractivity contribution >= 4 is 10.7 Å². The number of nitrogens with zero attached hydrogens (tertiary/aromatic N) is 3. The normalized spacial score (nSPS) is 11.0. The molecule has 0 saturated carbocycles. The Hall–Kier alpha value is -2.54. The molecule has 0 atom stereocenters. The highest BCUT2D eigenvalue weighted by Crippen LogP contribution is 2.24. The molecule has 3 rings (SSSR count). The molecule has 0 amide bonds. The zero-order valence-electron chi connectivity index (χ0n) is 11.4. The van der Waals surface area contributed by atoms with E-state index in [1.54, 1.807) is 41.1 Å². The maximum atomic E-state index is 13.9. The van der Waals surface area contributed by atoms with E-state index in [1.807, 2.05) is 0 Å². The third-order valence-corrected chi connectivity index (χ3v) is 3.78. The second-order valence-corrected chi connectivity index (χ2v) is 5.63. The number of hydrogen-bond donors (Lipinski definition) is 1. The van der Waals surface area contributed by atoms with Crippen molar-refractivity contribution in [3.63, 3.8) is 0 Å². The van der Waals surface area contributed by atoms with Crippen LogP contribution in [0.2, 0.25) is 0 Å². The lowest BCUT2D eigenvalue weighted by Crippen LogP contribution is -2.00. The SMILES string of the molecule is O=[SH](=O)Cc1ccc(-n2cncc2-c2ccccc2F)nc1. The Kier molecular flexibility index (Phi) is 3.97. The molecular formula is C15H12FN3O2S. The highest BCUT2D eigenvalue weighted by Gasteiger charge is 2.11. The van der Waals surface area contributed by atoms with Gasteiger partial charge >= 0.3 is 0 Å². The summed E-state index contributed by atoms with van der Waals surface area (Å²) in [6.07, 6.45) is 4.59. The van der Waals surface area contributed by atoms with E-state index >= 15 is 0 Å². The summed E-state index contributed by atoms with van der Waals surface area (Å²) in [5, 5.41) is 0. The third kappa shape index (κ3) is 2.89. The molecule has 0 aliphatic heterocycles. The van der Waals surface area contributed by atoms with E-state index in [9.17, 15) is 12.8 Å². The van der Waals surface area contributed by atoms with Crippen molar-refractivity contribution in [3.05, 3.63) is 66.5 Å².